The highest BCUT2D eigenvalue weighted by atomic mass is 19.4. The van der Waals surface area contributed by atoms with Crippen molar-refractivity contribution in [3.63, 3.8) is 0 Å². The number of halogens is 4. The molecular weight excluding hydrogens is 214 g/mol. The molecule has 1 aromatic carbocycles. The topological polar surface area (TPSA) is 35.2 Å². The van der Waals surface area contributed by atoms with E-state index in [2.05, 4.69) is 4.74 Å². The summed E-state index contributed by atoms with van der Waals surface area (Å²) >= 11 is 0. The molecule has 0 radical (unpaired) electrons. The Morgan fingerprint density at radius 2 is 1.93 bits per heavy atom. The molecule has 0 bridgehead atoms. The van der Waals surface area contributed by atoms with Gasteiger partial charge in [0.1, 0.15) is 11.6 Å². The third-order valence-corrected chi connectivity index (χ3v) is 1.91. The van der Waals surface area contributed by atoms with Crippen LogP contribution in [0.3, 0.4) is 0 Å². The summed E-state index contributed by atoms with van der Waals surface area (Å²) in [7, 11) is 1.16. The standard InChI is InChI=1S/C9H9F4NO/c1-15-5-2-7(9(11,12)13)6(4-14)8(10)3-5/h2-3H,4,14H2,1H3. The van der Waals surface area contributed by atoms with E-state index in [0.717, 1.165) is 19.2 Å². The largest absolute Gasteiger partial charge is 0.497 e. The van der Waals surface area contributed by atoms with E-state index in [9.17, 15) is 17.6 Å². The molecule has 0 spiro atoms. The second-order valence-electron chi connectivity index (χ2n) is 2.84. The first-order chi connectivity index (χ1) is 6.90. The fourth-order valence-corrected chi connectivity index (χ4v) is 1.19. The Morgan fingerprint density at radius 1 is 1.33 bits per heavy atom. The van der Waals surface area contributed by atoms with Crippen molar-refractivity contribution in [1.29, 1.82) is 0 Å². The molecule has 84 valence electrons. The van der Waals surface area contributed by atoms with Crippen LogP contribution in [-0.4, -0.2) is 7.11 Å². The van der Waals surface area contributed by atoms with Gasteiger partial charge in [-0.2, -0.15) is 13.2 Å². The molecule has 0 aliphatic carbocycles. The second-order valence-corrected chi connectivity index (χ2v) is 2.84. The summed E-state index contributed by atoms with van der Waals surface area (Å²) < 4.78 is 55.1. The molecule has 6 heteroatoms. The van der Waals surface area contributed by atoms with Crippen molar-refractivity contribution in [2.75, 3.05) is 7.11 Å². The predicted octanol–water partition coefficient (Wildman–Crippen LogP) is 2.31. The zero-order valence-electron chi connectivity index (χ0n) is 7.86. The number of hydrogen-bond acceptors (Lipinski definition) is 2. The van der Waals surface area contributed by atoms with Crippen LogP contribution in [0.15, 0.2) is 12.1 Å². The van der Waals surface area contributed by atoms with Crippen LogP contribution >= 0.6 is 0 Å². The van der Waals surface area contributed by atoms with Gasteiger partial charge in [-0.15, -0.1) is 0 Å². The van der Waals surface area contributed by atoms with Gasteiger partial charge in [-0.25, -0.2) is 4.39 Å². The normalized spacial score (nSPS) is 11.6. The lowest BCUT2D eigenvalue weighted by atomic mass is 10.1. The first kappa shape index (κ1) is 11.8. The van der Waals surface area contributed by atoms with E-state index in [1.54, 1.807) is 0 Å². The monoisotopic (exact) mass is 223 g/mol. The van der Waals surface area contributed by atoms with Crippen molar-refractivity contribution in [3.05, 3.63) is 29.1 Å². The maximum Gasteiger partial charge on any atom is 0.416 e. The van der Waals surface area contributed by atoms with Crippen molar-refractivity contribution in [2.45, 2.75) is 12.7 Å². The molecule has 1 rings (SSSR count). The van der Waals surface area contributed by atoms with Crippen LogP contribution in [-0.2, 0) is 12.7 Å². The maximum absolute atomic E-state index is 13.2. The Morgan fingerprint density at radius 3 is 2.33 bits per heavy atom. The van der Waals surface area contributed by atoms with E-state index in [1.807, 2.05) is 0 Å². The van der Waals surface area contributed by atoms with Crippen LogP contribution in [0.25, 0.3) is 0 Å². The van der Waals surface area contributed by atoms with E-state index in [4.69, 9.17) is 5.73 Å². The van der Waals surface area contributed by atoms with Gasteiger partial charge in [0.05, 0.1) is 12.7 Å². The maximum atomic E-state index is 13.2. The second kappa shape index (κ2) is 4.06. The Bertz CT molecular complexity index is 362. The van der Waals surface area contributed by atoms with Gasteiger partial charge in [0.2, 0.25) is 0 Å². The van der Waals surface area contributed by atoms with Crippen molar-refractivity contribution < 1.29 is 22.3 Å². The average molecular weight is 223 g/mol. The van der Waals surface area contributed by atoms with Gasteiger partial charge in [-0.05, 0) is 6.07 Å². The van der Waals surface area contributed by atoms with Gasteiger partial charge in [0, 0.05) is 18.2 Å². The fourth-order valence-electron chi connectivity index (χ4n) is 1.19. The summed E-state index contributed by atoms with van der Waals surface area (Å²) in [5.41, 5.74) is 3.41. The van der Waals surface area contributed by atoms with Crippen LogP contribution in [0.2, 0.25) is 0 Å². The number of nitrogens with two attached hydrogens (primary N) is 1. The summed E-state index contributed by atoms with van der Waals surface area (Å²) in [4.78, 5) is 0. The van der Waals surface area contributed by atoms with Crippen LogP contribution in [0.4, 0.5) is 17.6 Å². The Kier molecular flexibility index (Phi) is 3.18. The van der Waals surface area contributed by atoms with E-state index in [-0.39, 0.29) is 5.75 Å². The van der Waals surface area contributed by atoms with Crippen molar-refractivity contribution in [3.8, 4) is 5.75 Å². The number of ether oxygens (including phenoxy) is 1. The number of rotatable bonds is 2. The quantitative estimate of drug-likeness (QED) is 0.781. The smallest absolute Gasteiger partial charge is 0.416 e. The van der Waals surface area contributed by atoms with Gasteiger partial charge in [0.25, 0.3) is 0 Å². The van der Waals surface area contributed by atoms with Gasteiger partial charge >= 0.3 is 6.18 Å². The Hall–Kier alpha value is -1.30. The average Bonchev–Trinajstić information content (AvgIpc) is 2.15. The predicted molar refractivity (Wildman–Crippen MR) is 45.8 cm³/mol. The lowest BCUT2D eigenvalue weighted by Gasteiger charge is -2.13. The van der Waals surface area contributed by atoms with E-state index < -0.39 is 29.7 Å². The van der Waals surface area contributed by atoms with Crippen LogP contribution < -0.4 is 10.5 Å². The number of benzene rings is 1. The van der Waals surface area contributed by atoms with Gasteiger partial charge in [0.15, 0.2) is 0 Å². The number of alkyl halides is 3. The fraction of sp³-hybridized carbons (Fsp3) is 0.333. The molecule has 0 aromatic heterocycles. The molecule has 0 aliphatic heterocycles. The zero-order valence-corrected chi connectivity index (χ0v) is 7.86. The van der Waals surface area contributed by atoms with Gasteiger partial charge in [-0.3, -0.25) is 0 Å². The molecule has 2 nitrogen and oxygen atoms in total. The summed E-state index contributed by atoms with van der Waals surface area (Å²) in [5, 5.41) is 0. The lowest BCUT2D eigenvalue weighted by Crippen LogP contribution is -2.14. The van der Waals surface area contributed by atoms with Crippen molar-refractivity contribution >= 4 is 0 Å². The summed E-state index contributed by atoms with van der Waals surface area (Å²) in [6.07, 6.45) is -4.63. The van der Waals surface area contributed by atoms with Gasteiger partial charge < -0.3 is 10.5 Å². The Labute approximate surface area is 83.6 Å². The minimum Gasteiger partial charge on any atom is -0.497 e. The lowest BCUT2D eigenvalue weighted by molar-refractivity contribution is -0.138. The third-order valence-electron chi connectivity index (χ3n) is 1.91. The minimum atomic E-state index is -4.63. The summed E-state index contributed by atoms with van der Waals surface area (Å²) in [6, 6.07) is 1.60. The summed E-state index contributed by atoms with van der Waals surface area (Å²) in [5.74, 6) is -1.19. The molecule has 0 aliphatic rings. The first-order valence-electron chi connectivity index (χ1n) is 4.03. The summed E-state index contributed by atoms with van der Waals surface area (Å²) in [6.45, 7) is -0.509. The molecule has 0 saturated carbocycles. The molecule has 15 heavy (non-hydrogen) atoms. The molecule has 0 unspecified atom stereocenters. The number of hydrogen-bond donors (Lipinski definition) is 1. The SMILES string of the molecule is COc1cc(F)c(CN)c(C(F)(F)F)c1. The molecule has 0 heterocycles. The Balaban J connectivity index is 3.39. The molecule has 0 saturated heterocycles. The highest BCUT2D eigenvalue weighted by Crippen LogP contribution is 2.35. The van der Waals surface area contributed by atoms with Crippen LogP contribution in [0, 0.1) is 5.82 Å². The van der Waals surface area contributed by atoms with E-state index >= 15 is 0 Å². The molecule has 1 aromatic rings. The minimum absolute atomic E-state index is 0.183. The third kappa shape index (κ3) is 2.38. The van der Waals surface area contributed by atoms with E-state index in [0.29, 0.717) is 0 Å². The molecule has 0 atom stereocenters. The molecule has 0 amide bonds. The molecule has 2 N–H and O–H groups in total. The van der Waals surface area contributed by atoms with Crippen LogP contribution in [0.1, 0.15) is 11.1 Å². The number of methoxy groups -OCH3 is 1. The highest BCUT2D eigenvalue weighted by molar-refractivity contribution is 5.38. The van der Waals surface area contributed by atoms with E-state index in [1.165, 1.54) is 0 Å². The first-order valence-corrected chi connectivity index (χ1v) is 4.03. The van der Waals surface area contributed by atoms with Gasteiger partial charge in [-0.1, -0.05) is 0 Å². The zero-order chi connectivity index (χ0) is 11.6. The highest BCUT2D eigenvalue weighted by Gasteiger charge is 2.35. The molecule has 0 fully saturated rings. The van der Waals surface area contributed by atoms with Crippen molar-refractivity contribution in [1.82, 2.24) is 0 Å². The van der Waals surface area contributed by atoms with Crippen LogP contribution in [0.5, 0.6) is 5.75 Å². The molecular formula is C9H9F4NO. The van der Waals surface area contributed by atoms with Crippen molar-refractivity contribution in [2.24, 2.45) is 5.73 Å².